The van der Waals surface area contributed by atoms with Gasteiger partial charge >= 0.3 is 0 Å². The van der Waals surface area contributed by atoms with Gasteiger partial charge in [-0.3, -0.25) is 0 Å². The van der Waals surface area contributed by atoms with E-state index in [9.17, 15) is 0 Å². The Labute approximate surface area is 310 Å². The molecule has 12 aromatic rings. The van der Waals surface area contributed by atoms with Crippen molar-refractivity contribution in [2.24, 2.45) is 0 Å². The van der Waals surface area contributed by atoms with Crippen molar-refractivity contribution in [1.29, 1.82) is 0 Å². The van der Waals surface area contributed by atoms with Crippen LogP contribution in [0.2, 0.25) is 0 Å². The average molecular weight is 687 g/mol. The third kappa shape index (κ3) is 4.34. The van der Waals surface area contributed by atoms with Crippen molar-refractivity contribution in [2.45, 2.75) is 0 Å². The molecule has 0 amide bonds. The molecule has 12 rings (SSSR count). The largest absolute Gasteiger partial charge is 0.455 e. The number of hydrogen-bond acceptors (Lipinski definition) is 2. The average Bonchev–Trinajstić information content (AvgIpc) is 3.80. The maximum atomic E-state index is 6.64. The van der Waals surface area contributed by atoms with Crippen LogP contribution < -0.4 is 0 Å². The molecular formula is C52H30O2. The molecule has 0 radical (unpaired) electrons. The molecule has 0 saturated carbocycles. The maximum Gasteiger partial charge on any atom is 0.143 e. The zero-order valence-electron chi connectivity index (χ0n) is 29.1. The molecule has 2 heterocycles. The Hall–Kier alpha value is -7.16. The minimum atomic E-state index is 0.885. The first-order chi connectivity index (χ1) is 26.7. The summed E-state index contributed by atoms with van der Waals surface area (Å²) in [6, 6.07) is 65.7. The van der Waals surface area contributed by atoms with E-state index in [1.54, 1.807) is 0 Å². The predicted molar refractivity (Wildman–Crippen MR) is 227 cm³/mol. The van der Waals surface area contributed by atoms with Crippen molar-refractivity contribution < 1.29 is 8.83 Å². The fourth-order valence-electron chi connectivity index (χ4n) is 8.75. The van der Waals surface area contributed by atoms with Gasteiger partial charge in [-0.25, -0.2) is 0 Å². The Bertz CT molecular complexity index is 3270. The lowest BCUT2D eigenvalue weighted by Gasteiger charge is -2.10. The normalized spacial score (nSPS) is 12.1. The molecule has 0 fully saturated rings. The Morgan fingerprint density at radius 2 is 0.630 bits per heavy atom. The minimum absolute atomic E-state index is 0.885. The van der Waals surface area contributed by atoms with Crippen LogP contribution in [0.1, 0.15) is 0 Å². The highest BCUT2D eigenvalue weighted by Crippen LogP contribution is 2.44. The van der Waals surface area contributed by atoms with Crippen LogP contribution in [0.25, 0.3) is 120 Å². The van der Waals surface area contributed by atoms with E-state index < -0.39 is 0 Å². The minimum Gasteiger partial charge on any atom is -0.455 e. The van der Waals surface area contributed by atoms with E-state index in [4.69, 9.17) is 8.83 Å². The Morgan fingerprint density at radius 3 is 1.09 bits per heavy atom. The molecule has 0 spiro atoms. The summed E-state index contributed by atoms with van der Waals surface area (Å²) in [6.45, 7) is 0. The quantitative estimate of drug-likeness (QED) is 0.185. The predicted octanol–water partition coefficient (Wildman–Crippen LogP) is 15.1. The van der Waals surface area contributed by atoms with Gasteiger partial charge in [0.15, 0.2) is 0 Å². The van der Waals surface area contributed by atoms with Crippen molar-refractivity contribution in [3.8, 4) is 33.4 Å². The molecule has 0 atom stereocenters. The van der Waals surface area contributed by atoms with Gasteiger partial charge < -0.3 is 8.83 Å². The lowest BCUT2D eigenvalue weighted by atomic mass is 9.93. The molecule has 54 heavy (non-hydrogen) atoms. The smallest absolute Gasteiger partial charge is 0.143 e. The molecule has 10 aromatic carbocycles. The summed E-state index contributed by atoms with van der Waals surface area (Å²) in [4.78, 5) is 0. The van der Waals surface area contributed by atoms with E-state index >= 15 is 0 Å². The highest BCUT2D eigenvalue weighted by atomic mass is 16.3. The third-order valence-electron chi connectivity index (χ3n) is 11.4. The van der Waals surface area contributed by atoms with Crippen LogP contribution in [0.4, 0.5) is 0 Å². The number of hydrogen-bond donors (Lipinski definition) is 0. The van der Waals surface area contributed by atoms with Gasteiger partial charge in [0.1, 0.15) is 22.3 Å². The van der Waals surface area contributed by atoms with Gasteiger partial charge in [0.05, 0.1) is 0 Å². The summed E-state index contributed by atoms with van der Waals surface area (Å²) >= 11 is 0. The summed E-state index contributed by atoms with van der Waals surface area (Å²) in [6.07, 6.45) is 0. The van der Waals surface area contributed by atoms with Gasteiger partial charge in [0.2, 0.25) is 0 Å². The van der Waals surface area contributed by atoms with E-state index in [0.717, 1.165) is 65.8 Å². The van der Waals surface area contributed by atoms with E-state index in [-0.39, 0.29) is 0 Å². The van der Waals surface area contributed by atoms with E-state index in [1.807, 2.05) is 0 Å². The fourth-order valence-corrected chi connectivity index (χ4v) is 8.75. The Balaban J connectivity index is 1.05. The zero-order valence-corrected chi connectivity index (χ0v) is 29.1. The molecule has 2 heteroatoms. The van der Waals surface area contributed by atoms with Gasteiger partial charge in [0.25, 0.3) is 0 Å². The second-order valence-electron chi connectivity index (χ2n) is 14.4. The molecule has 0 aliphatic heterocycles. The number of rotatable bonds is 3. The lowest BCUT2D eigenvalue weighted by Crippen LogP contribution is -1.84. The second-order valence-corrected chi connectivity index (χ2v) is 14.4. The zero-order chi connectivity index (χ0) is 35.3. The van der Waals surface area contributed by atoms with Crippen LogP contribution in [-0.4, -0.2) is 0 Å². The van der Waals surface area contributed by atoms with Gasteiger partial charge in [0, 0.05) is 32.3 Å². The molecular weight excluding hydrogens is 657 g/mol. The SMILES string of the molecule is c1ccc2cc(-c3cc4c5cc(-c6ccc7oc8c9ccccc9c(-c9ccc%10ccccc%10c9)cc8c7c6)ccc5oc4c4ccccc34)ccc2c1. The summed E-state index contributed by atoms with van der Waals surface area (Å²) in [5, 5.41) is 14.0. The number of fused-ring (bicyclic) bond motifs is 12. The van der Waals surface area contributed by atoms with Gasteiger partial charge in [-0.2, -0.15) is 0 Å². The highest BCUT2D eigenvalue weighted by Gasteiger charge is 2.18. The molecule has 0 aliphatic rings. The van der Waals surface area contributed by atoms with Crippen molar-refractivity contribution in [1.82, 2.24) is 0 Å². The monoisotopic (exact) mass is 686 g/mol. The first-order valence-corrected chi connectivity index (χ1v) is 18.5. The Kier molecular flexibility index (Phi) is 6.09. The van der Waals surface area contributed by atoms with Gasteiger partial charge in [-0.1, -0.05) is 133 Å². The van der Waals surface area contributed by atoms with Crippen LogP contribution in [0.15, 0.2) is 191 Å². The van der Waals surface area contributed by atoms with Crippen LogP contribution in [0, 0.1) is 0 Å². The standard InChI is InChI=1S/C52H30O2/c1-3-11-33-25-37(19-17-31(33)9-1)43-29-47-45-27-35(21-23-49(45)53-51(47)41-15-7-5-13-39(41)43)36-22-24-50-46(28-36)48-30-44(40-14-6-8-16-42(40)52(48)54-50)38-20-18-32-10-2-4-12-34(32)26-38/h1-30H. The number of furan rings is 2. The van der Waals surface area contributed by atoms with Crippen LogP contribution in [-0.2, 0) is 0 Å². The van der Waals surface area contributed by atoms with Crippen LogP contribution in [0.3, 0.4) is 0 Å². The molecule has 0 N–H and O–H groups in total. The van der Waals surface area contributed by atoms with Crippen molar-refractivity contribution in [2.75, 3.05) is 0 Å². The third-order valence-corrected chi connectivity index (χ3v) is 11.4. The fraction of sp³-hybridized carbons (Fsp3) is 0. The summed E-state index contributed by atoms with van der Waals surface area (Å²) < 4.78 is 13.3. The van der Waals surface area contributed by atoms with Crippen molar-refractivity contribution >= 4 is 87.0 Å². The topological polar surface area (TPSA) is 26.3 Å². The van der Waals surface area contributed by atoms with E-state index in [1.165, 1.54) is 54.6 Å². The first-order valence-electron chi connectivity index (χ1n) is 18.5. The molecule has 2 aromatic heterocycles. The van der Waals surface area contributed by atoms with Gasteiger partial charge in [-0.05, 0) is 114 Å². The molecule has 0 unspecified atom stereocenters. The van der Waals surface area contributed by atoms with Gasteiger partial charge in [-0.15, -0.1) is 0 Å². The highest BCUT2D eigenvalue weighted by molar-refractivity contribution is 6.21. The van der Waals surface area contributed by atoms with Crippen LogP contribution in [0.5, 0.6) is 0 Å². The van der Waals surface area contributed by atoms with Crippen LogP contribution >= 0.6 is 0 Å². The second kappa shape index (κ2) is 11.2. The summed E-state index contributed by atoms with van der Waals surface area (Å²) in [5.74, 6) is 0. The first kappa shape index (κ1) is 29.4. The lowest BCUT2D eigenvalue weighted by molar-refractivity contribution is 0.672. The van der Waals surface area contributed by atoms with Crippen molar-refractivity contribution in [3.05, 3.63) is 182 Å². The molecule has 0 saturated heterocycles. The van der Waals surface area contributed by atoms with E-state index in [2.05, 4.69) is 182 Å². The number of benzene rings is 10. The molecule has 2 nitrogen and oxygen atoms in total. The molecule has 0 bridgehead atoms. The van der Waals surface area contributed by atoms with E-state index in [0.29, 0.717) is 0 Å². The molecule has 250 valence electrons. The summed E-state index contributed by atoms with van der Waals surface area (Å²) in [7, 11) is 0. The molecule has 0 aliphatic carbocycles. The summed E-state index contributed by atoms with van der Waals surface area (Å²) in [5.41, 5.74) is 10.7. The Morgan fingerprint density at radius 1 is 0.241 bits per heavy atom. The maximum absolute atomic E-state index is 6.64. The van der Waals surface area contributed by atoms with Crippen molar-refractivity contribution in [3.63, 3.8) is 0 Å².